The predicted octanol–water partition coefficient (Wildman–Crippen LogP) is 2.37. The fourth-order valence-electron chi connectivity index (χ4n) is 2.01. The van der Waals surface area contributed by atoms with Gasteiger partial charge in [0.1, 0.15) is 6.33 Å². The molecule has 0 radical (unpaired) electrons. The topological polar surface area (TPSA) is 43.8 Å². The molecule has 0 saturated heterocycles. The first kappa shape index (κ1) is 10.7. The van der Waals surface area contributed by atoms with E-state index >= 15 is 0 Å². The second kappa shape index (κ2) is 4.00. The Labute approximate surface area is 95.9 Å². The summed E-state index contributed by atoms with van der Waals surface area (Å²) < 4.78 is 1.49. The average Bonchev–Trinajstić information content (AvgIpc) is 2.62. The van der Waals surface area contributed by atoms with Crippen LogP contribution in [0.15, 0.2) is 30.7 Å². The van der Waals surface area contributed by atoms with Gasteiger partial charge in [-0.05, 0) is 19.4 Å². The molecule has 2 aromatic rings. The van der Waals surface area contributed by atoms with Crippen molar-refractivity contribution in [1.29, 1.82) is 0 Å². The molecule has 1 heterocycles. The Kier molecular flexibility index (Phi) is 2.69. The standard InChI is InChI=1S/C13H17N3/c1-9-4-10(2)6-12(5-9)11(3)13-7-16(14)8-15-13/h4-8,11H,14H2,1-3H3/t11-/m0/s1. The normalized spacial score (nSPS) is 12.7. The summed E-state index contributed by atoms with van der Waals surface area (Å²) in [5.41, 5.74) is 4.87. The fraction of sp³-hybridized carbons (Fsp3) is 0.308. The van der Waals surface area contributed by atoms with Crippen molar-refractivity contribution in [2.24, 2.45) is 0 Å². The SMILES string of the molecule is Cc1cc(C)cc([C@H](C)c2cn(N)cn2)c1. The molecule has 2 rings (SSSR count). The van der Waals surface area contributed by atoms with Crippen molar-refractivity contribution in [3.63, 3.8) is 0 Å². The lowest BCUT2D eigenvalue weighted by Gasteiger charge is -2.11. The second-order valence-corrected chi connectivity index (χ2v) is 4.39. The van der Waals surface area contributed by atoms with Crippen molar-refractivity contribution in [2.45, 2.75) is 26.7 Å². The van der Waals surface area contributed by atoms with E-state index in [1.54, 1.807) is 6.33 Å². The first-order valence-corrected chi connectivity index (χ1v) is 5.43. The number of nitrogens with zero attached hydrogens (tertiary/aromatic N) is 2. The van der Waals surface area contributed by atoms with E-state index in [2.05, 4.69) is 44.0 Å². The second-order valence-electron chi connectivity index (χ2n) is 4.39. The Hall–Kier alpha value is -1.77. The van der Waals surface area contributed by atoms with Gasteiger partial charge in [0, 0.05) is 12.1 Å². The zero-order chi connectivity index (χ0) is 11.7. The van der Waals surface area contributed by atoms with Crippen LogP contribution in [0.1, 0.15) is 35.2 Å². The summed E-state index contributed by atoms with van der Waals surface area (Å²) in [6, 6.07) is 6.58. The highest BCUT2D eigenvalue weighted by molar-refractivity contribution is 5.34. The minimum absolute atomic E-state index is 0.281. The summed E-state index contributed by atoms with van der Waals surface area (Å²) in [5.74, 6) is 5.89. The van der Waals surface area contributed by atoms with Gasteiger partial charge in [-0.15, -0.1) is 0 Å². The van der Waals surface area contributed by atoms with Crippen molar-refractivity contribution >= 4 is 0 Å². The summed E-state index contributed by atoms with van der Waals surface area (Å²) >= 11 is 0. The molecule has 1 aromatic heterocycles. The molecule has 0 amide bonds. The lowest BCUT2D eigenvalue weighted by molar-refractivity contribution is 0.878. The molecule has 0 unspecified atom stereocenters. The number of nitrogens with two attached hydrogens (primary N) is 1. The van der Waals surface area contributed by atoms with Crippen LogP contribution in [0.25, 0.3) is 0 Å². The molecule has 1 aromatic carbocycles. The highest BCUT2D eigenvalue weighted by Gasteiger charge is 2.11. The molecule has 0 saturated carbocycles. The number of benzene rings is 1. The maximum atomic E-state index is 5.61. The third kappa shape index (κ3) is 2.08. The third-order valence-corrected chi connectivity index (χ3v) is 2.81. The predicted molar refractivity (Wildman–Crippen MR) is 65.8 cm³/mol. The van der Waals surface area contributed by atoms with Crippen molar-refractivity contribution in [3.8, 4) is 0 Å². The Bertz CT molecular complexity index is 479. The van der Waals surface area contributed by atoms with Crippen LogP contribution in [-0.4, -0.2) is 9.66 Å². The van der Waals surface area contributed by atoms with Gasteiger partial charge in [0.25, 0.3) is 0 Å². The molecule has 0 spiro atoms. The average molecular weight is 215 g/mol. The van der Waals surface area contributed by atoms with Gasteiger partial charge < -0.3 is 5.84 Å². The molecular formula is C13H17N3. The van der Waals surface area contributed by atoms with Gasteiger partial charge in [0.15, 0.2) is 0 Å². The van der Waals surface area contributed by atoms with E-state index in [1.807, 2.05) is 6.20 Å². The molecule has 16 heavy (non-hydrogen) atoms. The largest absolute Gasteiger partial charge is 0.338 e. The number of hydrogen-bond acceptors (Lipinski definition) is 2. The summed E-state index contributed by atoms with van der Waals surface area (Å²) in [7, 11) is 0. The lowest BCUT2D eigenvalue weighted by Crippen LogP contribution is -2.04. The molecule has 0 fully saturated rings. The van der Waals surface area contributed by atoms with E-state index in [9.17, 15) is 0 Å². The van der Waals surface area contributed by atoms with E-state index in [4.69, 9.17) is 5.84 Å². The van der Waals surface area contributed by atoms with Crippen molar-refractivity contribution in [3.05, 3.63) is 53.1 Å². The van der Waals surface area contributed by atoms with Gasteiger partial charge in [0.05, 0.1) is 5.69 Å². The molecule has 84 valence electrons. The van der Waals surface area contributed by atoms with Crippen LogP contribution in [0.3, 0.4) is 0 Å². The van der Waals surface area contributed by atoms with E-state index in [1.165, 1.54) is 21.4 Å². The van der Waals surface area contributed by atoms with E-state index in [0.717, 1.165) is 5.69 Å². The third-order valence-electron chi connectivity index (χ3n) is 2.81. The zero-order valence-corrected chi connectivity index (χ0v) is 9.94. The first-order chi connectivity index (χ1) is 7.56. The van der Waals surface area contributed by atoms with Crippen LogP contribution in [0.2, 0.25) is 0 Å². The molecule has 2 N–H and O–H groups in total. The minimum Gasteiger partial charge on any atom is -0.338 e. The molecule has 1 atom stereocenters. The van der Waals surface area contributed by atoms with Gasteiger partial charge in [-0.1, -0.05) is 36.2 Å². The summed E-state index contributed by atoms with van der Waals surface area (Å²) in [4.78, 5) is 4.29. The number of imidazole rings is 1. The van der Waals surface area contributed by atoms with Crippen molar-refractivity contribution in [1.82, 2.24) is 9.66 Å². The number of nitrogen functional groups attached to an aromatic ring is 1. The summed E-state index contributed by atoms with van der Waals surface area (Å²) in [5, 5.41) is 0. The van der Waals surface area contributed by atoms with Crippen molar-refractivity contribution in [2.75, 3.05) is 5.84 Å². The van der Waals surface area contributed by atoms with Crippen LogP contribution in [0.5, 0.6) is 0 Å². The fourth-order valence-corrected chi connectivity index (χ4v) is 2.01. The molecule has 3 nitrogen and oxygen atoms in total. The molecule has 0 bridgehead atoms. The first-order valence-electron chi connectivity index (χ1n) is 5.43. The van der Waals surface area contributed by atoms with Gasteiger partial charge >= 0.3 is 0 Å². The molecule has 0 aliphatic rings. The number of rotatable bonds is 2. The zero-order valence-electron chi connectivity index (χ0n) is 9.94. The monoisotopic (exact) mass is 215 g/mol. The Morgan fingerprint density at radius 1 is 1.19 bits per heavy atom. The van der Waals surface area contributed by atoms with Crippen molar-refractivity contribution < 1.29 is 0 Å². The van der Waals surface area contributed by atoms with Crippen LogP contribution < -0.4 is 5.84 Å². The van der Waals surface area contributed by atoms with E-state index in [-0.39, 0.29) is 5.92 Å². The maximum Gasteiger partial charge on any atom is 0.114 e. The van der Waals surface area contributed by atoms with Gasteiger partial charge in [0.2, 0.25) is 0 Å². The van der Waals surface area contributed by atoms with Gasteiger partial charge in [-0.3, -0.25) is 4.68 Å². The Balaban J connectivity index is 2.37. The van der Waals surface area contributed by atoms with Crippen LogP contribution in [-0.2, 0) is 0 Å². The van der Waals surface area contributed by atoms with Gasteiger partial charge in [-0.25, -0.2) is 4.98 Å². The smallest absolute Gasteiger partial charge is 0.114 e. The summed E-state index contributed by atoms with van der Waals surface area (Å²) in [6.07, 6.45) is 3.50. The quantitative estimate of drug-likeness (QED) is 0.781. The highest BCUT2D eigenvalue weighted by atomic mass is 15.3. The van der Waals surface area contributed by atoms with E-state index < -0.39 is 0 Å². The Morgan fingerprint density at radius 2 is 1.81 bits per heavy atom. The minimum atomic E-state index is 0.281. The lowest BCUT2D eigenvalue weighted by atomic mass is 9.95. The number of hydrogen-bond donors (Lipinski definition) is 1. The highest BCUT2D eigenvalue weighted by Crippen LogP contribution is 2.24. The van der Waals surface area contributed by atoms with Crippen LogP contribution in [0, 0.1) is 13.8 Å². The van der Waals surface area contributed by atoms with Gasteiger partial charge in [-0.2, -0.15) is 0 Å². The molecule has 0 aliphatic heterocycles. The number of aromatic nitrogens is 2. The van der Waals surface area contributed by atoms with Crippen LogP contribution >= 0.6 is 0 Å². The molecule has 0 aliphatic carbocycles. The van der Waals surface area contributed by atoms with Crippen LogP contribution in [0.4, 0.5) is 0 Å². The number of aryl methyl sites for hydroxylation is 2. The Morgan fingerprint density at radius 3 is 2.31 bits per heavy atom. The van der Waals surface area contributed by atoms with E-state index in [0.29, 0.717) is 0 Å². The molecular weight excluding hydrogens is 198 g/mol. The molecule has 3 heteroatoms. The maximum absolute atomic E-state index is 5.61. The summed E-state index contributed by atoms with van der Waals surface area (Å²) in [6.45, 7) is 6.38.